The van der Waals surface area contributed by atoms with Crippen molar-refractivity contribution in [2.75, 3.05) is 33.9 Å². The number of benzene rings is 1. The van der Waals surface area contributed by atoms with Crippen LogP contribution in [0.1, 0.15) is 18.4 Å². The van der Waals surface area contributed by atoms with Crippen molar-refractivity contribution in [3.05, 3.63) is 35.9 Å². The Bertz CT molecular complexity index is 628. The van der Waals surface area contributed by atoms with Crippen LogP contribution in [0.15, 0.2) is 30.3 Å². The van der Waals surface area contributed by atoms with E-state index in [2.05, 4.69) is 10.1 Å². The summed E-state index contributed by atoms with van der Waals surface area (Å²) in [6.45, 7) is 0.696. The van der Waals surface area contributed by atoms with Gasteiger partial charge in [0.2, 0.25) is 0 Å². The maximum Gasteiger partial charge on any atom is 0.410 e. The average molecular weight is 378 g/mol. The van der Waals surface area contributed by atoms with E-state index in [9.17, 15) is 14.4 Å². The minimum atomic E-state index is -0.582. The van der Waals surface area contributed by atoms with E-state index in [4.69, 9.17) is 9.47 Å². The number of hydrogen-bond donors (Lipinski definition) is 1. The molecule has 1 aromatic carbocycles. The first-order valence-electron chi connectivity index (χ1n) is 8.87. The van der Waals surface area contributed by atoms with E-state index in [0.29, 0.717) is 19.4 Å². The molecule has 0 spiro atoms. The summed E-state index contributed by atoms with van der Waals surface area (Å²) in [5.74, 6) is -0.949. The van der Waals surface area contributed by atoms with E-state index in [-0.39, 0.29) is 37.6 Å². The smallest absolute Gasteiger partial charge is 0.410 e. The minimum Gasteiger partial charge on any atom is -0.469 e. The zero-order chi connectivity index (χ0) is 19.6. The molecule has 1 heterocycles. The number of esters is 2. The molecule has 1 aliphatic rings. The van der Waals surface area contributed by atoms with Crippen molar-refractivity contribution in [2.24, 2.45) is 5.92 Å². The van der Waals surface area contributed by atoms with Gasteiger partial charge in [0.1, 0.15) is 13.2 Å². The lowest BCUT2D eigenvalue weighted by atomic mass is 9.94. The predicted molar refractivity (Wildman–Crippen MR) is 96.7 cm³/mol. The van der Waals surface area contributed by atoms with Gasteiger partial charge in [0.05, 0.1) is 20.1 Å². The molecule has 1 aromatic rings. The number of carbonyl (C=O) groups excluding carboxylic acids is 3. The lowest BCUT2D eigenvalue weighted by Gasteiger charge is -2.32. The van der Waals surface area contributed by atoms with Crippen molar-refractivity contribution in [3.8, 4) is 0 Å². The molecule has 148 valence electrons. The van der Waals surface area contributed by atoms with Gasteiger partial charge in [0.25, 0.3) is 0 Å². The Hall–Kier alpha value is -2.61. The molecule has 0 aromatic heterocycles. The molecule has 2 rings (SSSR count). The maximum atomic E-state index is 12.5. The molecule has 2 unspecified atom stereocenters. The fourth-order valence-corrected chi connectivity index (χ4v) is 2.94. The second-order valence-electron chi connectivity index (χ2n) is 6.40. The van der Waals surface area contributed by atoms with E-state index in [1.165, 1.54) is 19.1 Å². The average Bonchev–Trinajstić information content (AvgIpc) is 2.72. The molecule has 1 fully saturated rings. The second kappa shape index (κ2) is 10.5. The summed E-state index contributed by atoms with van der Waals surface area (Å²) in [5.41, 5.74) is 0.862. The highest BCUT2D eigenvalue weighted by molar-refractivity contribution is 5.78. The lowest BCUT2D eigenvalue weighted by molar-refractivity contribution is -0.146. The number of amides is 1. The molecule has 1 aliphatic heterocycles. The number of hydrogen-bond acceptors (Lipinski definition) is 7. The normalized spacial score (nSPS) is 19.0. The van der Waals surface area contributed by atoms with Crippen LogP contribution in [-0.2, 0) is 30.4 Å². The van der Waals surface area contributed by atoms with E-state index >= 15 is 0 Å². The van der Waals surface area contributed by atoms with Crippen LogP contribution in [-0.4, -0.2) is 62.8 Å². The van der Waals surface area contributed by atoms with Crippen LogP contribution in [0.2, 0.25) is 0 Å². The third kappa shape index (κ3) is 6.56. The number of carbonyl (C=O) groups is 3. The Kier molecular flexibility index (Phi) is 8.06. The molecule has 0 radical (unpaired) electrons. The van der Waals surface area contributed by atoms with Gasteiger partial charge in [-0.15, -0.1) is 0 Å². The summed E-state index contributed by atoms with van der Waals surface area (Å²) in [7, 11) is 2.64. The van der Waals surface area contributed by atoms with E-state index in [1.807, 2.05) is 30.3 Å². The SMILES string of the molecule is COC(=O)CN(CC1CCC(C(=O)OC)CN1)C(=O)OCc1ccccc1. The standard InChI is InChI=1S/C19H26N2O6/c1-25-17(22)12-21(19(24)27-13-14-6-4-3-5-7-14)11-16-9-8-15(10-20-16)18(23)26-2/h3-7,15-16,20H,8-13H2,1-2H3. The summed E-state index contributed by atoms with van der Waals surface area (Å²) in [6.07, 6.45) is 0.764. The highest BCUT2D eigenvalue weighted by Gasteiger charge is 2.29. The van der Waals surface area contributed by atoms with Crippen molar-refractivity contribution in [1.29, 1.82) is 0 Å². The van der Waals surface area contributed by atoms with Gasteiger partial charge in [-0.05, 0) is 18.4 Å². The van der Waals surface area contributed by atoms with Crippen molar-refractivity contribution >= 4 is 18.0 Å². The molecule has 27 heavy (non-hydrogen) atoms. The Balaban J connectivity index is 1.90. The molecule has 8 heteroatoms. The first-order chi connectivity index (χ1) is 13.0. The molecule has 0 saturated carbocycles. The molecule has 1 N–H and O–H groups in total. The van der Waals surface area contributed by atoms with Crippen molar-refractivity contribution in [2.45, 2.75) is 25.5 Å². The Morgan fingerprint density at radius 1 is 1.11 bits per heavy atom. The number of piperidine rings is 1. The number of rotatable bonds is 7. The topological polar surface area (TPSA) is 94.2 Å². The zero-order valence-corrected chi connectivity index (χ0v) is 15.7. The second-order valence-corrected chi connectivity index (χ2v) is 6.40. The zero-order valence-electron chi connectivity index (χ0n) is 15.7. The fourth-order valence-electron chi connectivity index (χ4n) is 2.94. The van der Waals surface area contributed by atoms with Gasteiger partial charge in [-0.3, -0.25) is 14.5 Å². The first-order valence-corrected chi connectivity index (χ1v) is 8.87. The van der Waals surface area contributed by atoms with E-state index < -0.39 is 12.1 Å². The quantitative estimate of drug-likeness (QED) is 0.565. The summed E-state index contributed by atoms with van der Waals surface area (Å²) in [5, 5.41) is 3.23. The third-order valence-electron chi connectivity index (χ3n) is 4.50. The Labute approximate surface area is 158 Å². The van der Waals surface area contributed by atoms with Gasteiger partial charge < -0.3 is 19.5 Å². The first kappa shape index (κ1) is 20.7. The van der Waals surface area contributed by atoms with Crippen LogP contribution < -0.4 is 5.32 Å². The molecule has 0 bridgehead atoms. The summed E-state index contributed by atoms with van der Waals surface area (Å²) < 4.78 is 14.8. The Morgan fingerprint density at radius 2 is 1.85 bits per heavy atom. The van der Waals surface area contributed by atoms with Gasteiger partial charge in [0.15, 0.2) is 0 Å². The number of methoxy groups -OCH3 is 2. The lowest BCUT2D eigenvalue weighted by Crippen LogP contribution is -2.50. The molecule has 1 saturated heterocycles. The van der Waals surface area contributed by atoms with Crippen molar-refractivity contribution in [3.63, 3.8) is 0 Å². The largest absolute Gasteiger partial charge is 0.469 e. The van der Waals surface area contributed by atoms with Crippen LogP contribution in [0.4, 0.5) is 4.79 Å². The van der Waals surface area contributed by atoms with E-state index in [0.717, 1.165) is 5.56 Å². The summed E-state index contributed by atoms with van der Waals surface area (Å²) in [4.78, 5) is 37.0. The Morgan fingerprint density at radius 3 is 2.44 bits per heavy atom. The van der Waals surface area contributed by atoms with Crippen LogP contribution >= 0.6 is 0 Å². The van der Waals surface area contributed by atoms with Gasteiger partial charge >= 0.3 is 18.0 Å². The van der Waals surface area contributed by atoms with Gasteiger partial charge in [-0.2, -0.15) is 0 Å². The highest BCUT2D eigenvalue weighted by Crippen LogP contribution is 2.17. The molecule has 8 nitrogen and oxygen atoms in total. The van der Waals surface area contributed by atoms with Crippen LogP contribution in [0.5, 0.6) is 0 Å². The molecular weight excluding hydrogens is 352 g/mol. The van der Waals surface area contributed by atoms with Crippen LogP contribution in [0, 0.1) is 5.92 Å². The fraction of sp³-hybridized carbons (Fsp3) is 0.526. The van der Waals surface area contributed by atoms with Gasteiger partial charge in [0, 0.05) is 19.1 Å². The number of nitrogens with zero attached hydrogens (tertiary/aromatic N) is 1. The van der Waals surface area contributed by atoms with Crippen molar-refractivity contribution < 1.29 is 28.6 Å². The van der Waals surface area contributed by atoms with Crippen LogP contribution in [0.3, 0.4) is 0 Å². The molecule has 2 atom stereocenters. The predicted octanol–water partition coefficient (Wildman–Crippen LogP) is 1.34. The van der Waals surface area contributed by atoms with Crippen LogP contribution in [0.25, 0.3) is 0 Å². The summed E-state index contributed by atoms with van der Waals surface area (Å²) in [6, 6.07) is 9.27. The maximum absolute atomic E-state index is 12.5. The van der Waals surface area contributed by atoms with Gasteiger partial charge in [-0.25, -0.2) is 4.79 Å². The van der Waals surface area contributed by atoms with Gasteiger partial charge in [-0.1, -0.05) is 30.3 Å². The number of nitrogens with one attached hydrogen (secondary N) is 1. The molecule has 0 aliphatic carbocycles. The summed E-state index contributed by atoms with van der Waals surface area (Å²) >= 11 is 0. The monoisotopic (exact) mass is 378 g/mol. The minimum absolute atomic E-state index is 0.0418. The highest BCUT2D eigenvalue weighted by atomic mass is 16.6. The third-order valence-corrected chi connectivity index (χ3v) is 4.50. The molecular formula is C19H26N2O6. The molecule has 1 amide bonds. The van der Waals surface area contributed by atoms with E-state index in [1.54, 1.807) is 0 Å². The van der Waals surface area contributed by atoms with Crippen molar-refractivity contribution in [1.82, 2.24) is 10.2 Å². The number of ether oxygens (including phenoxy) is 3.